The molecule has 0 saturated carbocycles. The van der Waals surface area contributed by atoms with Crippen molar-refractivity contribution in [2.75, 3.05) is 134 Å². The van der Waals surface area contributed by atoms with Gasteiger partial charge in [-0.2, -0.15) is 0 Å². The highest BCUT2D eigenvalue weighted by Gasteiger charge is 2.48. The van der Waals surface area contributed by atoms with Gasteiger partial charge in [0.05, 0.1) is 117 Å². The molecule has 29 nitrogen and oxygen atoms in total. The van der Waals surface area contributed by atoms with Crippen molar-refractivity contribution < 1.29 is 19.2 Å². The van der Waals surface area contributed by atoms with Crippen molar-refractivity contribution in [3.63, 3.8) is 0 Å². The first-order valence-electron chi connectivity index (χ1n) is 45.6. The second-order valence-electron chi connectivity index (χ2n) is 37.3. The number of anilines is 9. The summed E-state index contributed by atoms with van der Waals surface area (Å²) in [5, 5.41) is 7.19. The van der Waals surface area contributed by atoms with Crippen LogP contribution in [-0.2, 0) is 19.2 Å². The summed E-state index contributed by atoms with van der Waals surface area (Å²) in [5.74, 6) is -0.822. The fourth-order valence-electron chi connectivity index (χ4n) is 20.0. The van der Waals surface area contributed by atoms with Crippen LogP contribution in [-0.4, -0.2) is 210 Å². The first kappa shape index (κ1) is 97.5. The summed E-state index contributed by atoms with van der Waals surface area (Å²) in [4.78, 5) is 144. The smallest absolute Gasteiger partial charge is 0.282 e. The molecule has 0 spiro atoms. The third kappa shape index (κ3) is 17.7. The third-order valence-corrected chi connectivity index (χ3v) is 28.4. The van der Waals surface area contributed by atoms with E-state index in [2.05, 4.69) is 77.3 Å². The van der Waals surface area contributed by atoms with Crippen molar-refractivity contribution in [2.24, 2.45) is 0 Å². The maximum absolute atomic E-state index is 15.4. The van der Waals surface area contributed by atoms with Crippen molar-refractivity contribution in [3.05, 3.63) is 243 Å². The quantitative estimate of drug-likeness (QED) is 0.0516. The largest absolute Gasteiger partial charge is 0.399 e. The Balaban J connectivity index is 0.000000149. The fraction of sp³-hybridized carbons (Fsp3) is 0.343. The van der Waals surface area contributed by atoms with Crippen LogP contribution >= 0.6 is 69.6 Å². The van der Waals surface area contributed by atoms with Gasteiger partial charge < -0.3 is 66.6 Å². The minimum absolute atomic E-state index is 0.0277. The van der Waals surface area contributed by atoms with Crippen LogP contribution in [0.4, 0.5) is 51.2 Å². The Kier molecular flexibility index (Phi) is 27.6. The number of amides is 4. The van der Waals surface area contributed by atoms with Gasteiger partial charge in [-0.3, -0.25) is 62.2 Å². The zero-order valence-electron chi connectivity index (χ0n) is 79.1. The normalized spacial score (nSPS) is 17.8. The molecule has 9 aromatic heterocycles. The summed E-state index contributed by atoms with van der Waals surface area (Å²) in [5.41, 5.74) is 33.3. The summed E-state index contributed by atoms with van der Waals surface area (Å²) in [6.45, 7) is 40.2. The van der Waals surface area contributed by atoms with Crippen LogP contribution < -0.4 is 63.7 Å². The summed E-state index contributed by atoms with van der Waals surface area (Å²) in [7, 11) is 6.01. The van der Waals surface area contributed by atoms with E-state index >= 15 is 4.79 Å². The molecule has 712 valence electrons. The third-order valence-electron chi connectivity index (χ3n) is 26.5. The number of likely N-dealkylation sites (N-methyl/N-ethyl adjacent to an activating group) is 1. The van der Waals surface area contributed by atoms with Crippen LogP contribution in [0, 0.1) is 20.8 Å². The lowest BCUT2D eigenvalue weighted by molar-refractivity contribution is -0.131. The van der Waals surface area contributed by atoms with Crippen LogP contribution in [0.15, 0.2) is 162 Å². The Morgan fingerprint density at radius 3 is 1.18 bits per heavy atom. The summed E-state index contributed by atoms with van der Waals surface area (Å²) >= 11 is 41.0. The Morgan fingerprint density at radius 2 is 0.796 bits per heavy atom. The van der Waals surface area contributed by atoms with E-state index in [4.69, 9.17) is 112 Å². The van der Waals surface area contributed by atoms with Crippen LogP contribution in [0.1, 0.15) is 120 Å². The molecule has 35 heteroatoms. The van der Waals surface area contributed by atoms with Gasteiger partial charge in [-0.25, -0.2) is 15.0 Å². The first-order valence-corrected chi connectivity index (χ1v) is 47.9. The fourth-order valence-corrected chi connectivity index (χ4v) is 21.4. The predicted molar refractivity (Wildman–Crippen MR) is 556 cm³/mol. The van der Waals surface area contributed by atoms with E-state index in [0.29, 0.717) is 190 Å². The molecule has 3 fully saturated rings. The van der Waals surface area contributed by atoms with Crippen LogP contribution in [0.25, 0.3) is 83.9 Å². The number of rotatable bonds is 16. The topological polar surface area (TPSA) is 331 Å². The Morgan fingerprint density at radius 1 is 0.445 bits per heavy atom. The number of carbonyl (C=O) groups is 4. The van der Waals surface area contributed by atoms with Gasteiger partial charge in [0.2, 0.25) is 23.6 Å². The minimum Gasteiger partial charge on any atom is -0.399 e. The molecule has 0 aliphatic carbocycles. The highest BCUT2D eigenvalue weighted by Crippen LogP contribution is 2.50. The number of fused-ring (bicyclic) bond motifs is 15. The second kappa shape index (κ2) is 38.8. The summed E-state index contributed by atoms with van der Waals surface area (Å²) in [6.07, 6.45) is 10.1. The lowest BCUT2D eigenvalue weighted by Gasteiger charge is -2.52. The lowest BCUT2D eigenvalue weighted by atomic mass is 9.98. The Hall–Kier alpha value is -12.6. The van der Waals surface area contributed by atoms with Gasteiger partial charge in [0.25, 0.3) is 16.7 Å². The number of aromatic nitrogens is 9. The van der Waals surface area contributed by atoms with E-state index in [1.807, 2.05) is 126 Å². The van der Waals surface area contributed by atoms with Crippen molar-refractivity contribution >= 4 is 178 Å². The number of hydrogen-bond donors (Lipinski definition) is 4. The number of halogens is 6. The van der Waals surface area contributed by atoms with E-state index in [-0.39, 0.29) is 100.0 Å². The van der Waals surface area contributed by atoms with Crippen molar-refractivity contribution in [1.82, 2.24) is 63.2 Å². The Bertz CT molecular complexity index is 7200. The number of hydrogen-bond acceptors (Lipinski definition) is 22. The number of nitrogens with one attached hydrogen (secondary N) is 1. The van der Waals surface area contributed by atoms with Crippen LogP contribution in [0.5, 0.6) is 0 Å². The summed E-state index contributed by atoms with van der Waals surface area (Å²) in [6, 6.07) is 25.2. The molecule has 3 aromatic carbocycles. The highest BCUT2D eigenvalue weighted by atomic mass is 35.5. The van der Waals surface area contributed by atoms with E-state index in [9.17, 15) is 28.8 Å². The standard InChI is InChI=1S/C37H44Cl2N8O2.C33H35Cl2N7O2.C32H31Cl2N7O3/c1-8-30(48)45-20-25-19-44(15-9-14-43(6)7)35-34(46(25)18-23(45)5)27-17-29(39)32(26-16-24(40)10-11-28(26)38)42-36(27)47(37(35)49)33-22(4)12-13-41-31(33)21(2)3;1-7-26(43)40-16-21-15-39(6)31-30(41(21)14-19(40)5)23-13-25(35)28(22-12-20(36)8-9-24(22)34)38-32(23)42(33(31)44)29-18(4)10-11-37-27(29)17(2)3;1-6-24(42)39-14-23-31(43)38-27-29(40(23)13-17(39)5)20-12-22(34)26(19-11-18(35)7-8-21(19)33)37-30(20)41(32(27)44)28-16(4)9-10-36-25(28)15(2)3/h8,10-13,16-17,21,23,25H,1,9,14-15,18-20,40H2,2-7H3;7-13,17,19,21H,1,14-16,36H2,2-6H3;6-12,15,17,23H,1,13-14,35H2,2-5H3,(H,38,43). The highest BCUT2D eigenvalue weighted by molar-refractivity contribution is 6.39. The SMILES string of the molecule is C=CC(=O)N1CC2C(=O)Nc3c(c4cc(Cl)c(-c5cc(N)ccc5Cl)nc4n(-c4c(C)ccnc4C(C)C)c3=O)N2CC1C.C=CC(=O)N1CC2CN(C)c3c(c4cc(Cl)c(-c5cc(N)ccc5Cl)nc4n(-c4c(C)ccnc4C(C)C)c3=O)N2CC1C.C=CC(=O)N1CC2CN(CCCN(C)C)c3c(c4cc(Cl)c(-c5cc(N)ccc5Cl)nc4n(-c4c(C)ccnc4C(C)C)c3=O)N2CC1C. The number of pyridine rings is 9. The van der Waals surface area contributed by atoms with Gasteiger partial charge in [-0.05, 0) is 212 Å². The molecular weight excluding hydrogens is 1860 g/mol. The van der Waals surface area contributed by atoms with Crippen molar-refractivity contribution in [3.8, 4) is 50.8 Å². The van der Waals surface area contributed by atoms with Gasteiger partial charge in [0, 0.05) is 146 Å². The molecule has 18 rings (SSSR count). The molecule has 6 atom stereocenters. The molecule has 6 aliphatic rings. The maximum atomic E-state index is 15.4. The minimum atomic E-state index is -0.741. The maximum Gasteiger partial charge on any atom is 0.282 e. The number of nitrogens with zero attached hydrogens (tertiary/aromatic N) is 18. The van der Waals surface area contributed by atoms with Gasteiger partial charge >= 0.3 is 0 Å². The molecule has 137 heavy (non-hydrogen) atoms. The molecule has 0 radical (unpaired) electrons. The van der Waals surface area contributed by atoms with E-state index in [1.165, 1.54) is 22.8 Å². The number of nitrogens with two attached hydrogens (primary N) is 3. The molecule has 6 aliphatic heterocycles. The van der Waals surface area contributed by atoms with Gasteiger partial charge in [0.15, 0.2) is 0 Å². The van der Waals surface area contributed by atoms with E-state index in [1.54, 1.807) is 93.3 Å². The molecule has 7 N–H and O–H groups in total. The number of aryl methyl sites for hydroxylation is 3. The van der Waals surface area contributed by atoms with Crippen molar-refractivity contribution in [1.29, 1.82) is 0 Å². The predicted octanol–water partition coefficient (Wildman–Crippen LogP) is 17.3. The average molecular weight is 1970 g/mol. The number of carbonyl (C=O) groups excluding carboxylic acids is 4. The average Bonchev–Trinajstić information content (AvgIpc) is 0.738. The van der Waals surface area contributed by atoms with Gasteiger partial charge in [-0.1, -0.05) is 131 Å². The van der Waals surface area contributed by atoms with Crippen LogP contribution in [0.2, 0.25) is 30.1 Å². The molecule has 3 saturated heterocycles. The number of piperazine rings is 3. The monoisotopic (exact) mass is 1960 g/mol. The molecule has 12 aromatic rings. The molecule has 6 unspecified atom stereocenters. The molecule has 15 heterocycles. The number of nitrogen functional groups attached to an aromatic ring is 3. The van der Waals surface area contributed by atoms with E-state index < -0.39 is 11.6 Å². The van der Waals surface area contributed by atoms with E-state index in [0.717, 1.165) is 63.2 Å². The van der Waals surface area contributed by atoms with Crippen molar-refractivity contribution in [2.45, 2.75) is 144 Å². The molecular formula is C102H110Cl6N22O7. The summed E-state index contributed by atoms with van der Waals surface area (Å²) < 4.78 is 4.92. The van der Waals surface area contributed by atoms with Gasteiger partial charge in [-0.15, -0.1) is 0 Å². The zero-order valence-corrected chi connectivity index (χ0v) is 83.7. The first-order chi connectivity index (χ1) is 65.2. The Labute approximate surface area is 824 Å². The number of benzene rings is 3. The molecule has 4 amide bonds. The van der Waals surface area contributed by atoms with Crippen LogP contribution in [0.3, 0.4) is 0 Å². The zero-order chi connectivity index (χ0) is 98.5. The second-order valence-corrected chi connectivity index (χ2v) is 39.7. The molecule has 0 bridgehead atoms. The van der Waals surface area contributed by atoms with Gasteiger partial charge in [0.1, 0.15) is 40.0 Å². The lowest BCUT2D eigenvalue weighted by Crippen LogP contribution is -2.64.